The number of aryl methyl sites for hydroxylation is 1. The number of aromatic nitrogens is 6. The van der Waals surface area contributed by atoms with E-state index in [9.17, 15) is 4.79 Å². The predicted octanol–water partition coefficient (Wildman–Crippen LogP) is 5.51. The Morgan fingerprint density at radius 1 is 1.02 bits per heavy atom. The molecule has 0 saturated carbocycles. The third kappa shape index (κ3) is 6.02. The first kappa shape index (κ1) is 27.7. The van der Waals surface area contributed by atoms with Crippen LogP contribution in [-0.2, 0) is 17.8 Å². The molecule has 1 saturated heterocycles. The maximum atomic E-state index is 12.2. The summed E-state index contributed by atoms with van der Waals surface area (Å²) in [5, 5.41) is 8.43. The first-order valence-electron chi connectivity index (χ1n) is 15.0. The Bertz CT molecular complexity index is 1880. The lowest BCUT2D eigenvalue weighted by molar-refractivity contribution is 0.0487. The van der Waals surface area contributed by atoms with Crippen LogP contribution in [0, 0.1) is 6.92 Å². The van der Waals surface area contributed by atoms with E-state index < -0.39 is 0 Å². The summed E-state index contributed by atoms with van der Waals surface area (Å²) in [6.45, 7) is 5.76. The standard InChI is InChI=1S/C34H34N8O2/c1-24-19-31-37-21-28-20-30(26-5-3-2-4-6-26)32(38-33(28)42(31)39-24)27-9-7-25(8-10-27)22-40-15-11-29(12-16-40)44-34(43)36-14-18-41-17-13-35-23-41/h2-10,13,17,19-21,23,29H,11-12,14-16,18,22H2,1H3,(H,36,43). The summed E-state index contributed by atoms with van der Waals surface area (Å²) < 4.78 is 9.41. The van der Waals surface area contributed by atoms with Crippen molar-refractivity contribution in [1.29, 1.82) is 0 Å². The van der Waals surface area contributed by atoms with Crippen molar-refractivity contribution in [3.05, 3.63) is 103 Å². The van der Waals surface area contributed by atoms with Crippen molar-refractivity contribution < 1.29 is 9.53 Å². The number of rotatable bonds is 8. The second-order valence-corrected chi connectivity index (χ2v) is 11.3. The van der Waals surface area contributed by atoms with E-state index in [1.165, 1.54) is 5.56 Å². The fourth-order valence-electron chi connectivity index (χ4n) is 5.82. The zero-order valence-electron chi connectivity index (χ0n) is 24.6. The van der Waals surface area contributed by atoms with Gasteiger partial charge in [-0.2, -0.15) is 9.61 Å². The van der Waals surface area contributed by atoms with E-state index in [4.69, 9.17) is 9.72 Å². The molecule has 222 valence electrons. The van der Waals surface area contributed by atoms with Crippen molar-refractivity contribution in [3.63, 3.8) is 0 Å². The molecule has 44 heavy (non-hydrogen) atoms. The van der Waals surface area contributed by atoms with Crippen LogP contribution in [0.15, 0.2) is 91.6 Å². The van der Waals surface area contributed by atoms with Gasteiger partial charge in [-0.05, 0) is 37.0 Å². The van der Waals surface area contributed by atoms with Crippen molar-refractivity contribution in [2.24, 2.45) is 0 Å². The van der Waals surface area contributed by atoms with Crippen LogP contribution in [0.2, 0.25) is 0 Å². The highest BCUT2D eigenvalue weighted by atomic mass is 16.6. The summed E-state index contributed by atoms with van der Waals surface area (Å²) in [7, 11) is 0. The molecule has 0 radical (unpaired) electrons. The molecule has 0 unspecified atom stereocenters. The quantitative estimate of drug-likeness (QED) is 0.251. The van der Waals surface area contributed by atoms with Crippen LogP contribution in [0.4, 0.5) is 4.79 Å². The monoisotopic (exact) mass is 586 g/mol. The maximum absolute atomic E-state index is 12.2. The fourth-order valence-corrected chi connectivity index (χ4v) is 5.82. The van der Waals surface area contributed by atoms with Gasteiger partial charge in [0, 0.05) is 73.9 Å². The number of hydrogen-bond acceptors (Lipinski definition) is 7. The predicted molar refractivity (Wildman–Crippen MR) is 169 cm³/mol. The molecule has 1 aliphatic heterocycles. The lowest BCUT2D eigenvalue weighted by Gasteiger charge is -2.31. The van der Waals surface area contributed by atoms with Crippen LogP contribution < -0.4 is 5.32 Å². The number of amides is 1. The average molecular weight is 587 g/mol. The van der Waals surface area contributed by atoms with Gasteiger partial charge in [-0.3, -0.25) is 4.90 Å². The number of piperidine rings is 1. The van der Waals surface area contributed by atoms with Gasteiger partial charge in [-0.1, -0.05) is 54.6 Å². The van der Waals surface area contributed by atoms with Gasteiger partial charge in [0.2, 0.25) is 0 Å². The molecule has 6 aromatic rings. The molecule has 10 heteroatoms. The minimum atomic E-state index is -0.351. The molecule has 10 nitrogen and oxygen atoms in total. The molecule has 1 fully saturated rings. The van der Waals surface area contributed by atoms with Crippen molar-refractivity contribution in [3.8, 4) is 22.4 Å². The summed E-state index contributed by atoms with van der Waals surface area (Å²) >= 11 is 0. The van der Waals surface area contributed by atoms with Gasteiger partial charge in [0.25, 0.3) is 0 Å². The summed E-state index contributed by atoms with van der Waals surface area (Å²) in [4.78, 5) is 28.4. The molecule has 0 spiro atoms. The van der Waals surface area contributed by atoms with E-state index >= 15 is 0 Å². The zero-order chi connectivity index (χ0) is 29.9. The number of imidazole rings is 1. The number of ether oxygens (including phenoxy) is 1. The minimum Gasteiger partial charge on any atom is -0.446 e. The third-order valence-electron chi connectivity index (χ3n) is 8.11. The number of nitrogens with one attached hydrogen (secondary N) is 1. The molecule has 1 aliphatic rings. The zero-order valence-corrected chi connectivity index (χ0v) is 24.6. The van der Waals surface area contributed by atoms with E-state index in [0.717, 1.165) is 77.2 Å². The summed E-state index contributed by atoms with van der Waals surface area (Å²) in [5.41, 5.74) is 7.85. The maximum Gasteiger partial charge on any atom is 0.407 e. The highest BCUT2D eigenvalue weighted by Gasteiger charge is 2.22. The van der Waals surface area contributed by atoms with Gasteiger partial charge in [0.1, 0.15) is 6.10 Å². The summed E-state index contributed by atoms with van der Waals surface area (Å²) in [6.07, 6.45) is 8.44. The number of benzene rings is 2. The number of likely N-dealkylation sites (tertiary alicyclic amines) is 1. The second kappa shape index (κ2) is 12.3. The van der Waals surface area contributed by atoms with Crippen LogP contribution in [0.3, 0.4) is 0 Å². The van der Waals surface area contributed by atoms with E-state index in [1.54, 1.807) is 12.5 Å². The number of nitrogens with zero attached hydrogens (tertiary/aromatic N) is 7. The Labute approximate surface area is 255 Å². The van der Waals surface area contributed by atoms with Crippen molar-refractivity contribution >= 4 is 22.8 Å². The molecule has 1 N–H and O–H groups in total. The van der Waals surface area contributed by atoms with Crippen LogP contribution >= 0.6 is 0 Å². The summed E-state index contributed by atoms with van der Waals surface area (Å²) in [5.74, 6) is 0. The van der Waals surface area contributed by atoms with Gasteiger partial charge in [0.15, 0.2) is 11.3 Å². The number of hydrogen-bond donors (Lipinski definition) is 1. The smallest absolute Gasteiger partial charge is 0.407 e. The van der Waals surface area contributed by atoms with E-state index in [2.05, 4.69) is 79.9 Å². The van der Waals surface area contributed by atoms with Crippen LogP contribution in [0.1, 0.15) is 24.1 Å². The Morgan fingerprint density at radius 3 is 2.61 bits per heavy atom. The first-order valence-corrected chi connectivity index (χ1v) is 15.0. The van der Waals surface area contributed by atoms with E-state index in [1.807, 2.05) is 40.5 Å². The molecular weight excluding hydrogens is 552 g/mol. The second-order valence-electron chi connectivity index (χ2n) is 11.3. The van der Waals surface area contributed by atoms with Gasteiger partial charge < -0.3 is 14.6 Å². The molecule has 0 bridgehead atoms. The number of fused-ring (bicyclic) bond motifs is 3. The lowest BCUT2D eigenvalue weighted by Crippen LogP contribution is -2.39. The molecule has 7 rings (SSSR count). The van der Waals surface area contributed by atoms with Crippen LogP contribution in [0.5, 0.6) is 0 Å². The van der Waals surface area contributed by atoms with Crippen LogP contribution in [0.25, 0.3) is 39.1 Å². The Balaban J connectivity index is 1.02. The normalized spacial score (nSPS) is 14.3. The first-order chi connectivity index (χ1) is 21.6. The number of carbonyl (C=O) groups is 1. The van der Waals surface area contributed by atoms with Crippen molar-refractivity contribution in [2.45, 2.75) is 39.0 Å². The third-order valence-corrected chi connectivity index (χ3v) is 8.11. The molecule has 4 aromatic heterocycles. The molecule has 2 aromatic carbocycles. The largest absolute Gasteiger partial charge is 0.446 e. The highest BCUT2D eigenvalue weighted by molar-refractivity contribution is 5.90. The summed E-state index contributed by atoms with van der Waals surface area (Å²) in [6, 6.07) is 23.2. The van der Waals surface area contributed by atoms with Gasteiger partial charge in [0.05, 0.1) is 17.7 Å². The Morgan fingerprint density at radius 2 is 1.84 bits per heavy atom. The Kier molecular flexibility index (Phi) is 7.72. The Hall–Kier alpha value is -5.09. The number of pyridine rings is 1. The van der Waals surface area contributed by atoms with Gasteiger partial charge in [-0.15, -0.1) is 0 Å². The van der Waals surface area contributed by atoms with E-state index in [0.29, 0.717) is 13.1 Å². The molecule has 5 heterocycles. The molecule has 0 atom stereocenters. The molecular formula is C34H34N8O2. The SMILES string of the molecule is Cc1cc2ncc3cc(-c4ccccc4)c(-c4ccc(CN5CCC(OC(=O)NCCn6ccnc6)CC5)cc4)nc3n2n1. The van der Waals surface area contributed by atoms with E-state index in [-0.39, 0.29) is 12.2 Å². The highest BCUT2D eigenvalue weighted by Crippen LogP contribution is 2.33. The number of carbonyl (C=O) groups excluding carboxylic acids is 1. The minimum absolute atomic E-state index is 0.0579. The fraction of sp³-hybridized carbons (Fsp3) is 0.265. The lowest BCUT2D eigenvalue weighted by atomic mass is 9.97. The van der Waals surface area contributed by atoms with Gasteiger partial charge >= 0.3 is 6.09 Å². The average Bonchev–Trinajstić information content (AvgIpc) is 3.71. The van der Waals surface area contributed by atoms with Gasteiger partial charge in [-0.25, -0.2) is 19.7 Å². The molecule has 1 amide bonds. The van der Waals surface area contributed by atoms with Crippen LogP contribution in [-0.4, -0.2) is 65.9 Å². The number of alkyl carbamates (subject to hydrolysis) is 1. The topological polar surface area (TPSA) is 102 Å². The molecule has 0 aliphatic carbocycles. The van der Waals surface area contributed by atoms with Crippen molar-refractivity contribution in [2.75, 3.05) is 19.6 Å². The van der Waals surface area contributed by atoms with Crippen molar-refractivity contribution in [1.82, 2.24) is 39.3 Å².